The van der Waals surface area contributed by atoms with Crippen LogP contribution in [0.1, 0.15) is 15.9 Å². The van der Waals surface area contributed by atoms with Crippen LogP contribution in [0, 0.1) is 21.4 Å². The molecule has 7 heteroatoms. The molecule has 0 radical (unpaired) electrons. The van der Waals surface area contributed by atoms with Gasteiger partial charge in [0.2, 0.25) is 0 Å². The Morgan fingerprint density at radius 3 is 2.69 bits per heavy atom. The van der Waals surface area contributed by atoms with Crippen molar-refractivity contribution in [2.45, 2.75) is 0 Å². The normalized spacial score (nSPS) is 9.31. The van der Waals surface area contributed by atoms with E-state index in [1.54, 1.807) is 6.07 Å². The van der Waals surface area contributed by atoms with Crippen LogP contribution in [-0.4, -0.2) is 18.0 Å². The van der Waals surface area contributed by atoms with Crippen molar-refractivity contribution in [1.82, 2.24) is 0 Å². The zero-order valence-corrected chi connectivity index (χ0v) is 8.82. The molecule has 1 aromatic carbocycles. The highest BCUT2D eigenvalue weighted by Crippen LogP contribution is 2.26. The highest BCUT2D eigenvalue weighted by molar-refractivity contribution is 6.33. The molecule has 0 unspecified atom stereocenters. The first-order chi connectivity index (χ1) is 7.51. The Balaban J connectivity index is 3.46. The van der Waals surface area contributed by atoms with Gasteiger partial charge in [-0.2, -0.15) is 5.26 Å². The fraction of sp³-hybridized carbons (Fsp3) is 0.111. The van der Waals surface area contributed by atoms with E-state index in [0.717, 1.165) is 19.2 Å². The lowest BCUT2D eigenvalue weighted by Crippen LogP contribution is -2.04. The molecule has 0 N–H and O–H groups in total. The molecule has 0 aliphatic carbocycles. The number of ether oxygens (including phenoxy) is 1. The van der Waals surface area contributed by atoms with E-state index in [9.17, 15) is 14.9 Å². The summed E-state index contributed by atoms with van der Waals surface area (Å²) in [6, 6.07) is 3.61. The minimum Gasteiger partial charge on any atom is -0.465 e. The largest absolute Gasteiger partial charge is 0.465 e. The second-order valence-corrected chi connectivity index (χ2v) is 3.12. The Hall–Kier alpha value is -2.13. The third-order valence-corrected chi connectivity index (χ3v) is 2.12. The molecule has 0 aliphatic heterocycles. The topological polar surface area (TPSA) is 93.2 Å². The van der Waals surface area contributed by atoms with Crippen molar-refractivity contribution >= 4 is 23.3 Å². The van der Waals surface area contributed by atoms with Gasteiger partial charge in [-0.1, -0.05) is 11.6 Å². The second-order valence-electron chi connectivity index (χ2n) is 2.71. The average molecular weight is 241 g/mol. The van der Waals surface area contributed by atoms with Gasteiger partial charge in [-0.25, -0.2) is 4.79 Å². The summed E-state index contributed by atoms with van der Waals surface area (Å²) < 4.78 is 4.40. The minimum atomic E-state index is -0.794. The van der Waals surface area contributed by atoms with Crippen molar-refractivity contribution in [1.29, 1.82) is 5.26 Å². The summed E-state index contributed by atoms with van der Waals surface area (Å²) in [6.45, 7) is 0. The monoisotopic (exact) mass is 240 g/mol. The number of carbonyl (C=O) groups excluding carboxylic acids is 1. The van der Waals surface area contributed by atoms with Crippen molar-refractivity contribution in [2.24, 2.45) is 0 Å². The molecule has 82 valence electrons. The first-order valence-electron chi connectivity index (χ1n) is 3.97. The lowest BCUT2D eigenvalue weighted by molar-refractivity contribution is -0.385. The van der Waals surface area contributed by atoms with E-state index in [-0.39, 0.29) is 16.1 Å². The lowest BCUT2D eigenvalue weighted by atomic mass is 10.1. The van der Waals surface area contributed by atoms with Gasteiger partial charge in [0.25, 0.3) is 5.69 Å². The van der Waals surface area contributed by atoms with Crippen molar-refractivity contribution < 1.29 is 14.5 Å². The van der Waals surface area contributed by atoms with E-state index in [0.29, 0.717) is 0 Å². The molecule has 0 bridgehead atoms. The fourth-order valence-electron chi connectivity index (χ4n) is 1.07. The number of rotatable bonds is 2. The van der Waals surface area contributed by atoms with Gasteiger partial charge in [0.05, 0.1) is 22.6 Å². The zero-order valence-electron chi connectivity index (χ0n) is 8.06. The van der Waals surface area contributed by atoms with Gasteiger partial charge < -0.3 is 4.74 Å². The number of nitro groups is 1. The number of carbonyl (C=O) groups is 1. The standard InChI is InChI=1S/C9H5ClN2O4/c1-16-9(13)6-3-8(12(14)15)5(4-11)2-7(6)10/h2-3H,1H3. The Morgan fingerprint density at radius 1 is 1.62 bits per heavy atom. The summed E-state index contributed by atoms with van der Waals surface area (Å²) in [5, 5.41) is 19.2. The number of nitro benzene ring substituents is 1. The van der Waals surface area contributed by atoms with Gasteiger partial charge >= 0.3 is 5.97 Å². The molecule has 0 spiro atoms. The molecule has 0 heterocycles. The van der Waals surface area contributed by atoms with Gasteiger partial charge in [0.15, 0.2) is 0 Å². The first kappa shape index (κ1) is 11.9. The third kappa shape index (κ3) is 2.10. The number of halogens is 1. The van der Waals surface area contributed by atoms with Gasteiger partial charge in [0.1, 0.15) is 11.6 Å². The molecular weight excluding hydrogens is 236 g/mol. The van der Waals surface area contributed by atoms with Crippen LogP contribution in [0.4, 0.5) is 5.69 Å². The van der Waals surface area contributed by atoms with Crippen LogP contribution in [0.25, 0.3) is 0 Å². The molecule has 1 rings (SSSR count). The van der Waals surface area contributed by atoms with E-state index in [4.69, 9.17) is 16.9 Å². The van der Waals surface area contributed by atoms with E-state index < -0.39 is 16.6 Å². The SMILES string of the molecule is COC(=O)c1cc([N+](=O)[O-])c(C#N)cc1Cl. The molecule has 16 heavy (non-hydrogen) atoms. The Labute approximate surface area is 95.2 Å². The van der Waals surface area contributed by atoms with Crippen LogP contribution in [0.5, 0.6) is 0 Å². The van der Waals surface area contributed by atoms with E-state index in [2.05, 4.69) is 4.74 Å². The van der Waals surface area contributed by atoms with Crippen molar-refractivity contribution in [3.05, 3.63) is 38.4 Å². The smallest absolute Gasteiger partial charge is 0.339 e. The maximum absolute atomic E-state index is 11.2. The van der Waals surface area contributed by atoms with Crippen molar-refractivity contribution in [2.75, 3.05) is 7.11 Å². The summed E-state index contributed by atoms with van der Waals surface area (Å²) in [7, 11) is 1.13. The summed E-state index contributed by atoms with van der Waals surface area (Å²) >= 11 is 5.68. The third-order valence-electron chi connectivity index (χ3n) is 1.81. The average Bonchev–Trinajstić information content (AvgIpc) is 2.27. The van der Waals surface area contributed by atoms with E-state index in [1.807, 2.05) is 0 Å². The van der Waals surface area contributed by atoms with Crippen LogP contribution in [0.15, 0.2) is 12.1 Å². The first-order valence-corrected chi connectivity index (χ1v) is 4.35. The van der Waals surface area contributed by atoms with Gasteiger partial charge in [-0.3, -0.25) is 10.1 Å². The molecule has 0 saturated carbocycles. The Bertz CT molecular complexity index is 507. The second kappa shape index (κ2) is 4.59. The summed E-state index contributed by atoms with van der Waals surface area (Å²) in [5.74, 6) is -0.794. The summed E-state index contributed by atoms with van der Waals surface area (Å²) in [5.41, 5.74) is -0.829. The summed E-state index contributed by atoms with van der Waals surface area (Å²) in [6.07, 6.45) is 0. The predicted octanol–water partition coefficient (Wildman–Crippen LogP) is 1.91. The number of hydrogen-bond donors (Lipinski definition) is 0. The van der Waals surface area contributed by atoms with Crippen LogP contribution in [-0.2, 0) is 4.74 Å². The molecule has 0 atom stereocenters. The zero-order chi connectivity index (χ0) is 12.3. The van der Waals surface area contributed by atoms with Crippen molar-refractivity contribution in [3.63, 3.8) is 0 Å². The predicted molar refractivity (Wildman–Crippen MR) is 54.2 cm³/mol. The van der Waals surface area contributed by atoms with Gasteiger partial charge in [0, 0.05) is 6.07 Å². The molecule has 0 aliphatic rings. The Morgan fingerprint density at radius 2 is 2.25 bits per heavy atom. The number of nitrogens with zero attached hydrogens (tertiary/aromatic N) is 2. The van der Waals surface area contributed by atoms with Crippen LogP contribution >= 0.6 is 11.6 Å². The van der Waals surface area contributed by atoms with Gasteiger partial charge in [-0.05, 0) is 6.07 Å². The fourth-order valence-corrected chi connectivity index (χ4v) is 1.31. The molecule has 6 nitrogen and oxygen atoms in total. The number of nitriles is 1. The van der Waals surface area contributed by atoms with Crippen LogP contribution in [0.3, 0.4) is 0 Å². The maximum Gasteiger partial charge on any atom is 0.339 e. The van der Waals surface area contributed by atoms with Crippen LogP contribution in [0.2, 0.25) is 5.02 Å². The molecule has 1 aromatic rings. The van der Waals surface area contributed by atoms with Gasteiger partial charge in [-0.15, -0.1) is 0 Å². The molecule has 0 fully saturated rings. The number of benzene rings is 1. The number of esters is 1. The Kier molecular flexibility index (Phi) is 3.43. The van der Waals surface area contributed by atoms with E-state index >= 15 is 0 Å². The minimum absolute atomic E-state index is 0.0611. The lowest BCUT2D eigenvalue weighted by Gasteiger charge is -2.02. The highest BCUT2D eigenvalue weighted by atomic mass is 35.5. The highest BCUT2D eigenvalue weighted by Gasteiger charge is 2.21. The summed E-state index contributed by atoms with van der Waals surface area (Å²) in [4.78, 5) is 21.0. The molecular formula is C9H5ClN2O4. The van der Waals surface area contributed by atoms with E-state index in [1.165, 1.54) is 0 Å². The number of hydrogen-bond acceptors (Lipinski definition) is 5. The quantitative estimate of drug-likeness (QED) is 0.447. The maximum atomic E-state index is 11.2. The van der Waals surface area contributed by atoms with Crippen molar-refractivity contribution in [3.8, 4) is 6.07 Å². The molecule has 0 saturated heterocycles. The number of methoxy groups -OCH3 is 1. The molecule has 0 amide bonds. The molecule has 0 aromatic heterocycles. The van der Waals surface area contributed by atoms with Crippen LogP contribution < -0.4 is 0 Å².